The third-order valence-corrected chi connectivity index (χ3v) is 10.8. The number of ketones is 1. The predicted octanol–water partition coefficient (Wildman–Crippen LogP) is 2.36. The predicted molar refractivity (Wildman–Crippen MR) is 142 cm³/mol. The van der Waals surface area contributed by atoms with Crippen LogP contribution in [0.4, 0.5) is 0 Å². The summed E-state index contributed by atoms with van der Waals surface area (Å²) >= 11 is 0. The fraction of sp³-hybridized carbons (Fsp3) is 0.613. The standard InChI is InChI=1S/C31H36O11/c1-7-8-18(32)41-25-27(2,3)21(20(34)23(35)38-6)29(5)16-9-11-28(4)17(31(16)26(42-31)30(25,37)24(29)36)13-19(33)40-22(28)15-10-12-39-14-15/h7-10,12,14,17,20-22,25-26,34,37H,11,13H2,1-6H3/b8-7+/t17-,20-,21+,22+,25+,26-,28-,29-,30+,31-/m1/s1. The summed E-state index contributed by atoms with van der Waals surface area (Å²) in [5.41, 5.74) is -6.26. The first-order valence-electron chi connectivity index (χ1n) is 14.1. The second kappa shape index (κ2) is 8.87. The minimum absolute atomic E-state index is 0.0598. The van der Waals surface area contributed by atoms with Crippen molar-refractivity contribution in [2.45, 2.75) is 83.1 Å². The molecule has 5 aliphatic rings. The van der Waals surface area contributed by atoms with Crippen molar-refractivity contribution in [2.75, 3.05) is 7.11 Å². The molecule has 3 aliphatic carbocycles. The second-order valence-corrected chi connectivity index (χ2v) is 13.2. The van der Waals surface area contributed by atoms with Crippen molar-refractivity contribution in [3.05, 3.63) is 48.0 Å². The van der Waals surface area contributed by atoms with Gasteiger partial charge in [0.25, 0.3) is 0 Å². The van der Waals surface area contributed by atoms with Gasteiger partial charge in [0.1, 0.15) is 23.9 Å². The molecule has 0 aromatic carbocycles. The molecule has 1 aromatic heterocycles. The van der Waals surface area contributed by atoms with Crippen molar-refractivity contribution in [3.63, 3.8) is 0 Å². The van der Waals surface area contributed by atoms with Crippen LogP contribution in [0.25, 0.3) is 0 Å². The van der Waals surface area contributed by atoms with Gasteiger partial charge < -0.3 is 33.6 Å². The van der Waals surface area contributed by atoms with E-state index in [2.05, 4.69) is 0 Å². The number of hydrogen-bond acceptors (Lipinski definition) is 11. The van der Waals surface area contributed by atoms with E-state index in [-0.39, 0.29) is 6.42 Å². The molecular weight excluding hydrogens is 548 g/mol. The van der Waals surface area contributed by atoms with Gasteiger partial charge in [-0.15, -0.1) is 0 Å². The smallest absolute Gasteiger partial charge is 0.335 e. The summed E-state index contributed by atoms with van der Waals surface area (Å²) in [6.45, 7) is 8.46. The molecule has 10 atom stereocenters. The van der Waals surface area contributed by atoms with Crippen LogP contribution in [0.15, 0.2) is 46.8 Å². The van der Waals surface area contributed by atoms with E-state index in [1.54, 1.807) is 33.8 Å². The molecule has 1 aromatic rings. The van der Waals surface area contributed by atoms with Gasteiger partial charge in [0.2, 0.25) is 0 Å². The number of aliphatic hydroxyl groups excluding tert-OH is 1. The number of epoxide rings is 1. The highest BCUT2D eigenvalue weighted by molar-refractivity contribution is 6.02. The number of methoxy groups -OCH3 is 1. The van der Waals surface area contributed by atoms with Crippen molar-refractivity contribution in [3.8, 4) is 0 Å². The average Bonchev–Trinajstić information content (AvgIpc) is 3.42. The fourth-order valence-corrected chi connectivity index (χ4v) is 9.20. The Hall–Kier alpha value is -3.28. The van der Waals surface area contributed by atoms with E-state index < -0.39 is 87.4 Å². The molecule has 2 aliphatic heterocycles. The van der Waals surface area contributed by atoms with Crippen LogP contribution in [0.2, 0.25) is 0 Å². The first-order chi connectivity index (χ1) is 19.7. The number of Topliss-reactive ketones (excluding diaryl/α,β-unsaturated/α-hetero) is 1. The maximum absolute atomic E-state index is 14.6. The van der Waals surface area contributed by atoms with Crippen molar-refractivity contribution in [2.24, 2.45) is 28.1 Å². The second-order valence-electron chi connectivity index (χ2n) is 13.2. The third-order valence-electron chi connectivity index (χ3n) is 10.8. The number of allylic oxidation sites excluding steroid dienone is 2. The van der Waals surface area contributed by atoms with Gasteiger partial charge in [-0.1, -0.05) is 32.9 Å². The number of carbonyl (C=O) groups excluding carboxylic acids is 4. The fourth-order valence-electron chi connectivity index (χ4n) is 9.20. The lowest BCUT2D eigenvalue weighted by Crippen LogP contribution is -2.79. The molecule has 42 heavy (non-hydrogen) atoms. The molecular formula is C31H36O11. The van der Waals surface area contributed by atoms with Crippen LogP contribution in [0.3, 0.4) is 0 Å². The van der Waals surface area contributed by atoms with E-state index in [1.165, 1.54) is 18.6 Å². The zero-order valence-electron chi connectivity index (χ0n) is 24.4. The van der Waals surface area contributed by atoms with E-state index in [0.29, 0.717) is 17.6 Å². The van der Waals surface area contributed by atoms with Crippen LogP contribution < -0.4 is 0 Å². The van der Waals surface area contributed by atoms with E-state index in [9.17, 15) is 29.4 Å². The van der Waals surface area contributed by atoms with Gasteiger partial charge >= 0.3 is 17.9 Å². The van der Waals surface area contributed by atoms with Crippen LogP contribution in [0.5, 0.6) is 0 Å². The number of furan rings is 1. The van der Waals surface area contributed by atoms with E-state index in [1.807, 2.05) is 13.0 Å². The molecule has 11 heteroatoms. The van der Waals surface area contributed by atoms with Crippen molar-refractivity contribution >= 4 is 23.7 Å². The quantitative estimate of drug-likeness (QED) is 0.172. The molecule has 0 unspecified atom stereocenters. The average molecular weight is 585 g/mol. The van der Waals surface area contributed by atoms with Crippen molar-refractivity contribution in [1.82, 2.24) is 0 Å². The van der Waals surface area contributed by atoms with Crippen molar-refractivity contribution < 1.29 is 52.8 Å². The minimum Gasteiger partial charge on any atom is -0.472 e. The number of hydrogen-bond donors (Lipinski definition) is 2. The lowest BCUT2D eigenvalue weighted by Gasteiger charge is -2.64. The molecule has 6 rings (SSSR count). The van der Waals surface area contributed by atoms with Crippen molar-refractivity contribution in [1.29, 1.82) is 0 Å². The number of cyclic esters (lactones) is 1. The summed E-state index contributed by atoms with van der Waals surface area (Å²) in [5.74, 6) is -4.75. The Morgan fingerprint density at radius 1 is 1.19 bits per heavy atom. The summed E-state index contributed by atoms with van der Waals surface area (Å²) in [6, 6.07) is 1.73. The SMILES string of the molecule is C/C=C/C(=O)O[C@H]1C(C)(C)[C@H]([C@@H](O)C(=O)OC)[C@]2(C)C(=O)[C@@]1(O)[C@H]1O[C@@]13C2=CC[C@]1(C)[C@H]3CC(=O)O[C@H]1c1ccoc1. The van der Waals surface area contributed by atoms with Gasteiger partial charge in [-0.25, -0.2) is 9.59 Å². The molecule has 2 saturated carbocycles. The zero-order valence-corrected chi connectivity index (χ0v) is 24.4. The molecule has 0 amide bonds. The van der Waals surface area contributed by atoms with E-state index >= 15 is 0 Å². The molecule has 226 valence electrons. The summed E-state index contributed by atoms with van der Waals surface area (Å²) < 4.78 is 28.3. The maximum atomic E-state index is 14.6. The normalized spacial score (nSPS) is 43.7. The Morgan fingerprint density at radius 2 is 1.90 bits per heavy atom. The number of carbonyl (C=O) groups is 4. The Morgan fingerprint density at radius 3 is 2.52 bits per heavy atom. The Kier molecular flexibility index (Phi) is 6.09. The monoisotopic (exact) mass is 584 g/mol. The van der Waals surface area contributed by atoms with Gasteiger partial charge in [0, 0.05) is 34.3 Å². The minimum atomic E-state index is -2.36. The van der Waals surface area contributed by atoms with Crippen LogP contribution in [-0.2, 0) is 38.1 Å². The molecule has 2 saturated heterocycles. The lowest BCUT2D eigenvalue weighted by atomic mass is 9.38. The van der Waals surface area contributed by atoms with Crippen LogP contribution in [0, 0.1) is 28.1 Å². The molecule has 1 spiro atoms. The number of esters is 3. The molecule has 0 radical (unpaired) electrons. The Balaban J connectivity index is 1.59. The van der Waals surface area contributed by atoms with Crippen LogP contribution >= 0.6 is 0 Å². The summed E-state index contributed by atoms with van der Waals surface area (Å²) in [4.78, 5) is 53.5. The highest BCUT2D eigenvalue weighted by Gasteiger charge is 2.89. The zero-order chi connectivity index (χ0) is 30.6. The van der Waals surface area contributed by atoms with Gasteiger partial charge in [-0.05, 0) is 31.9 Å². The highest BCUT2D eigenvalue weighted by Crippen LogP contribution is 2.77. The first kappa shape index (κ1) is 28.8. The Labute approximate surface area is 242 Å². The molecule has 11 nitrogen and oxygen atoms in total. The number of fused-ring (bicyclic) bond motifs is 5. The van der Waals surface area contributed by atoms with Gasteiger partial charge in [-0.3, -0.25) is 9.59 Å². The summed E-state index contributed by atoms with van der Waals surface area (Å²) in [5, 5.41) is 24.0. The molecule has 3 heterocycles. The highest BCUT2D eigenvalue weighted by atomic mass is 16.6. The summed E-state index contributed by atoms with van der Waals surface area (Å²) in [7, 11) is 1.13. The van der Waals surface area contributed by atoms with Gasteiger partial charge in [0.15, 0.2) is 17.5 Å². The number of aliphatic hydroxyl groups is 2. The Bertz CT molecular complexity index is 1420. The molecule has 2 bridgehead atoms. The maximum Gasteiger partial charge on any atom is 0.335 e. The largest absolute Gasteiger partial charge is 0.472 e. The van der Waals surface area contributed by atoms with E-state index in [4.69, 9.17) is 23.4 Å². The van der Waals surface area contributed by atoms with Gasteiger partial charge in [-0.2, -0.15) is 0 Å². The summed E-state index contributed by atoms with van der Waals surface area (Å²) in [6.07, 6.45) is 2.63. The molecule has 2 N–H and O–H groups in total. The van der Waals surface area contributed by atoms with Crippen LogP contribution in [-0.4, -0.2) is 70.5 Å². The molecule has 4 fully saturated rings. The van der Waals surface area contributed by atoms with E-state index in [0.717, 1.165) is 13.2 Å². The lowest BCUT2D eigenvalue weighted by molar-refractivity contribution is -0.236. The third kappa shape index (κ3) is 3.27. The number of ether oxygens (including phenoxy) is 4. The topological polar surface area (TPSA) is 162 Å². The van der Waals surface area contributed by atoms with Crippen LogP contribution in [0.1, 0.15) is 59.1 Å². The van der Waals surface area contributed by atoms with Gasteiger partial charge in [0.05, 0.1) is 31.5 Å². The number of rotatable bonds is 5. The first-order valence-corrected chi connectivity index (χ1v) is 14.1.